The zero-order chi connectivity index (χ0) is 15.4. The van der Waals surface area contributed by atoms with Crippen LogP contribution in [-0.4, -0.2) is 28.6 Å². The highest BCUT2D eigenvalue weighted by molar-refractivity contribution is 6.08. The summed E-state index contributed by atoms with van der Waals surface area (Å²) < 4.78 is 0. The van der Waals surface area contributed by atoms with Gasteiger partial charge in [0.15, 0.2) is 5.84 Å². The number of hydrogen-bond donors (Lipinski definition) is 2. The van der Waals surface area contributed by atoms with Gasteiger partial charge in [0.05, 0.1) is 16.8 Å². The molecule has 2 aromatic rings. The monoisotopic (exact) mass is 286 g/mol. The van der Waals surface area contributed by atoms with Gasteiger partial charge in [-0.05, 0) is 26.3 Å². The lowest BCUT2D eigenvalue weighted by Gasteiger charge is -2.32. The van der Waals surface area contributed by atoms with Crippen LogP contribution in [0.15, 0.2) is 35.6 Å². The summed E-state index contributed by atoms with van der Waals surface area (Å²) in [7, 11) is 0. The number of hydrogen-bond acceptors (Lipinski definition) is 4. The molecule has 0 aliphatic heterocycles. The van der Waals surface area contributed by atoms with E-state index in [9.17, 15) is 0 Å². The molecule has 0 aliphatic carbocycles. The smallest absolute Gasteiger partial charge is 0.173 e. The van der Waals surface area contributed by atoms with Gasteiger partial charge in [0.2, 0.25) is 0 Å². The number of pyridine rings is 1. The second-order valence-electron chi connectivity index (χ2n) is 5.07. The second-order valence-corrected chi connectivity index (χ2v) is 5.07. The van der Waals surface area contributed by atoms with Crippen LogP contribution in [0.3, 0.4) is 0 Å². The lowest BCUT2D eigenvalue weighted by Crippen LogP contribution is -2.34. The van der Waals surface area contributed by atoms with Gasteiger partial charge in [0.25, 0.3) is 0 Å². The standard InChI is InChI=1S/C16H22N4O/c1-4-11(3)20(5-2)15-12-8-6-7-9-14(12)18-10-13(15)16(17)19-21/h6-11,21H,4-5H2,1-3H3,(H2,17,19). The minimum absolute atomic E-state index is 0.0880. The minimum atomic E-state index is 0.0880. The van der Waals surface area contributed by atoms with Crippen molar-refractivity contribution in [2.45, 2.75) is 33.2 Å². The predicted molar refractivity (Wildman–Crippen MR) is 87.0 cm³/mol. The number of oxime groups is 1. The molecule has 0 saturated carbocycles. The molecule has 112 valence electrons. The first-order valence-corrected chi connectivity index (χ1v) is 7.26. The van der Waals surface area contributed by atoms with Gasteiger partial charge in [-0.25, -0.2) is 0 Å². The Balaban J connectivity index is 2.77. The van der Waals surface area contributed by atoms with Crippen LogP contribution in [0.2, 0.25) is 0 Å². The number of benzene rings is 1. The highest BCUT2D eigenvalue weighted by Crippen LogP contribution is 2.31. The average molecular weight is 286 g/mol. The van der Waals surface area contributed by atoms with E-state index in [1.807, 2.05) is 24.3 Å². The van der Waals surface area contributed by atoms with Crippen molar-refractivity contribution in [2.75, 3.05) is 11.4 Å². The number of nitrogens with two attached hydrogens (primary N) is 1. The summed E-state index contributed by atoms with van der Waals surface area (Å²) in [6, 6.07) is 8.29. The number of anilines is 1. The Bertz CT molecular complexity index is 654. The van der Waals surface area contributed by atoms with Crippen molar-refractivity contribution < 1.29 is 5.21 Å². The van der Waals surface area contributed by atoms with Gasteiger partial charge in [-0.2, -0.15) is 0 Å². The fraction of sp³-hybridized carbons (Fsp3) is 0.375. The summed E-state index contributed by atoms with van der Waals surface area (Å²) >= 11 is 0. The molecule has 1 unspecified atom stereocenters. The van der Waals surface area contributed by atoms with E-state index >= 15 is 0 Å². The van der Waals surface area contributed by atoms with Crippen molar-refractivity contribution >= 4 is 22.4 Å². The Morgan fingerprint density at radius 2 is 2.10 bits per heavy atom. The van der Waals surface area contributed by atoms with Crippen LogP contribution in [0, 0.1) is 0 Å². The maximum atomic E-state index is 9.05. The fourth-order valence-corrected chi connectivity index (χ4v) is 2.59. The summed E-state index contributed by atoms with van der Waals surface area (Å²) in [6.07, 6.45) is 2.69. The normalized spacial score (nSPS) is 13.4. The molecule has 21 heavy (non-hydrogen) atoms. The fourth-order valence-electron chi connectivity index (χ4n) is 2.59. The first-order chi connectivity index (χ1) is 10.1. The summed E-state index contributed by atoms with van der Waals surface area (Å²) in [5, 5.41) is 13.2. The Kier molecular flexibility index (Phi) is 4.62. The summed E-state index contributed by atoms with van der Waals surface area (Å²) in [5.41, 5.74) is 8.40. The molecule has 1 atom stereocenters. The Labute approximate surface area is 125 Å². The number of rotatable bonds is 5. The molecule has 0 bridgehead atoms. The molecule has 3 N–H and O–H groups in total. The third-order valence-corrected chi connectivity index (χ3v) is 3.88. The van der Waals surface area contributed by atoms with Crippen LogP contribution < -0.4 is 10.6 Å². The summed E-state index contributed by atoms with van der Waals surface area (Å²) in [5.74, 6) is 0.0880. The third-order valence-electron chi connectivity index (χ3n) is 3.88. The van der Waals surface area contributed by atoms with Crippen molar-refractivity contribution in [2.24, 2.45) is 10.9 Å². The van der Waals surface area contributed by atoms with Crippen LogP contribution in [0.4, 0.5) is 5.69 Å². The van der Waals surface area contributed by atoms with Crippen molar-refractivity contribution in [1.82, 2.24) is 4.98 Å². The van der Waals surface area contributed by atoms with E-state index in [1.54, 1.807) is 6.20 Å². The van der Waals surface area contributed by atoms with Gasteiger partial charge in [-0.1, -0.05) is 30.3 Å². The maximum Gasteiger partial charge on any atom is 0.173 e. The SMILES string of the molecule is CCC(C)N(CC)c1c(/C(N)=N/O)cnc2ccccc12. The first kappa shape index (κ1) is 15.1. The average Bonchev–Trinajstić information content (AvgIpc) is 2.54. The van der Waals surface area contributed by atoms with Crippen LogP contribution >= 0.6 is 0 Å². The summed E-state index contributed by atoms with van der Waals surface area (Å²) in [4.78, 5) is 6.69. The van der Waals surface area contributed by atoms with Crippen molar-refractivity contribution in [3.8, 4) is 0 Å². The van der Waals surface area contributed by atoms with Crippen LogP contribution in [0.25, 0.3) is 10.9 Å². The quantitative estimate of drug-likeness (QED) is 0.383. The van der Waals surface area contributed by atoms with E-state index in [2.05, 4.69) is 35.8 Å². The Morgan fingerprint density at radius 3 is 2.71 bits per heavy atom. The molecular weight excluding hydrogens is 264 g/mol. The van der Waals surface area contributed by atoms with Crippen LogP contribution in [-0.2, 0) is 0 Å². The van der Waals surface area contributed by atoms with E-state index in [4.69, 9.17) is 10.9 Å². The zero-order valence-electron chi connectivity index (χ0n) is 12.7. The molecule has 2 rings (SSSR count). The number of fused-ring (bicyclic) bond motifs is 1. The van der Waals surface area contributed by atoms with Gasteiger partial charge in [-0.15, -0.1) is 0 Å². The molecule has 0 amide bonds. The largest absolute Gasteiger partial charge is 0.409 e. The topological polar surface area (TPSA) is 74.7 Å². The lowest BCUT2D eigenvalue weighted by molar-refractivity contribution is 0.318. The molecule has 1 heterocycles. The number of nitrogens with zero attached hydrogens (tertiary/aromatic N) is 3. The molecule has 5 nitrogen and oxygen atoms in total. The minimum Gasteiger partial charge on any atom is -0.409 e. The zero-order valence-corrected chi connectivity index (χ0v) is 12.7. The maximum absolute atomic E-state index is 9.05. The van der Waals surface area contributed by atoms with Gasteiger partial charge >= 0.3 is 0 Å². The molecule has 0 saturated heterocycles. The third kappa shape index (κ3) is 2.77. The van der Waals surface area contributed by atoms with E-state index in [0.717, 1.165) is 29.6 Å². The van der Waals surface area contributed by atoms with Gasteiger partial charge in [0.1, 0.15) is 0 Å². The molecular formula is C16H22N4O. The Hall–Kier alpha value is -2.30. The highest BCUT2D eigenvalue weighted by atomic mass is 16.4. The van der Waals surface area contributed by atoms with Crippen LogP contribution in [0.5, 0.6) is 0 Å². The molecule has 0 aliphatic rings. The van der Waals surface area contributed by atoms with E-state index in [1.165, 1.54) is 0 Å². The van der Waals surface area contributed by atoms with Crippen molar-refractivity contribution in [3.63, 3.8) is 0 Å². The van der Waals surface area contributed by atoms with Gasteiger partial charge < -0.3 is 15.8 Å². The second kappa shape index (κ2) is 6.43. The number of aromatic nitrogens is 1. The van der Waals surface area contributed by atoms with Crippen molar-refractivity contribution in [3.05, 3.63) is 36.0 Å². The lowest BCUT2D eigenvalue weighted by atomic mass is 10.0. The molecule has 1 aromatic carbocycles. The van der Waals surface area contributed by atoms with E-state index in [0.29, 0.717) is 11.6 Å². The van der Waals surface area contributed by atoms with E-state index in [-0.39, 0.29) is 5.84 Å². The van der Waals surface area contributed by atoms with Gasteiger partial charge in [0, 0.05) is 24.2 Å². The number of amidine groups is 1. The summed E-state index contributed by atoms with van der Waals surface area (Å²) in [6.45, 7) is 7.28. The Morgan fingerprint density at radius 1 is 1.38 bits per heavy atom. The van der Waals surface area contributed by atoms with Crippen LogP contribution in [0.1, 0.15) is 32.8 Å². The predicted octanol–water partition coefficient (Wildman–Crippen LogP) is 2.95. The van der Waals surface area contributed by atoms with Crippen molar-refractivity contribution in [1.29, 1.82) is 0 Å². The van der Waals surface area contributed by atoms with E-state index < -0.39 is 0 Å². The van der Waals surface area contributed by atoms with Gasteiger partial charge in [-0.3, -0.25) is 4.98 Å². The number of para-hydroxylation sites is 1. The first-order valence-electron chi connectivity index (χ1n) is 7.26. The highest BCUT2D eigenvalue weighted by Gasteiger charge is 2.20. The molecule has 5 heteroatoms. The molecule has 0 fully saturated rings. The molecule has 0 spiro atoms. The molecule has 0 radical (unpaired) electrons. The molecule has 1 aromatic heterocycles.